The Kier molecular flexibility index (Phi) is 5.59. The number of amides is 1. The molecule has 132 valence electrons. The molecule has 26 heavy (non-hydrogen) atoms. The topological polar surface area (TPSA) is 59.3 Å². The maximum atomic E-state index is 12.0. The lowest BCUT2D eigenvalue weighted by Crippen LogP contribution is -2.20. The minimum Gasteiger partial charge on any atom is -0.330 e. The standard InChI is InChI=1S/C21H22N4O/c1-16(2)23-24-19(26)13-14-25-15-22-20(17-9-5-3-6-10-17)21(25)18-11-7-4-8-12-18/h3-12,15H,13-14H2,1-2H3,(H,24,26). The van der Waals surface area contributed by atoms with Gasteiger partial charge in [0.25, 0.3) is 0 Å². The summed E-state index contributed by atoms with van der Waals surface area (Å²) in [6.45, 7) is 4.22. The first-order chi connectivity index (χ1) is 12.6. The number of rotatable bonds is 6. The first-order valence-electron chi connectivity index (χ1n) is 8.61. The summed E-state index contributed by atoms with van der Waals surface area (Å²) in [5, 5.41) is 3.96. The van der Waals surface area contributed by atoms with Crippen LogP contribution in [-0.2, 0) is 11.3 Å². The summed E-state index contributed by atoms with van der Waals surface area (Å²) < 4.78 is 2.03. The average Bonchev–Trinajstić information content (AvgIpc) is 3.10. The van der Waals surface area contributed by atoms with Crippen LogP contribution in [0.4, 0.5) is 0 Å². The molecule has 0 unspecified atom stereocenters. The van der Waals surface area contributed by atoms with Crippen LogP contribution in [0.1, 0.15) is 20.3 Å². The normalized spacial score (nSPS) is 10.4. The van der Waals surface area contributed by atoms with Crippen molar-refractivity contribution >= 4 is 11.6 Å². The van der Waals surface area contributed by atoms with Crippen molar-refractivity contribution in [2.45, 2.75) is 26.8 Å². The molecule has 0 bridgehead atoms. The molecule has 1 amide bonds. The first-order valence-corrected chi connectivity index (χ1v) is 8.61. The molecule has 0 fully saturated rings. The second-order valence-electron chi connectivity index (χ2n) is 6.21. The van der Waals surface area contributed by atoms with E-state index < -0.39 is 0 Å². The summed E-state index contributed by atoms with van der Waals surface area (Å²) in [4.78, 5) is 16.6. The third-order valence-corrected chi connectivity index (χ3v) is 3.92. The average molecular weight is 346 g/mol. The van der Waals surface area contributed by atoms with E-state index in [0.29, 0.717) is 13.0 Å². The van der Waals surface area contributed by atoms with Crippen molar-refractivity contribution in [2.24, 2.45) is 5.10 Å². The molecule has 0 saturated heterocycles. The van der Waals surface area contributed by atoms with Crippen LogP contribution in [0.2, 0.25) is 0 Å². The Bertz CT molecular complexity index is 894. The van der Waals surface area contributed by atoms with Crippen LogP contribution in [0, 0.1) is 0 Å². The Balaban J connectivity index is 1.90. The fourth-order valence-corrected chi connectivity index (χ4v) is 2.71. The number of hydrazone groups is 1. The van der Waals surface area contributed by atoms with Crippen molar-refractivity contribution in [1.82, 2.24) is 15.0 Å². The predicted octanol–water partition coefficient (Wildman–Crippen LogP) is 4.12. The Morgan fingerprint density at radius 2 is 1.62 bits per heavy atom. The van der Waals surface area contributed by atoms with E-state index in [-0.39, 0.29) is 5.91 Å². The monoisotopic (exact) mass is 346 g/mol. The van der Waals surface area contributed by atoms with Gasteiger partial charge in [-0.05, 0) is 13.8 Å². The van der Waals surface area contributed by atoms with Crippen molar-refractivity contribution in [3.63, 3.8) is 0 Å². The number of carbonyl (C=O) groups is 1. The minimum absolute atomic E-state index is 0.111. The van der Waals surface area contributed by atoms with Gasteiger partial charge in [0.15, 0.2) is 0 Å². The van der Waals surface area contributed by atoms with E-state index in [9.17, 15) is 4.79 Å². The van der Waals surface area contributed by atoms with Crippen LogP contribution < -0.4 is 5.43 Å². The molecule has 5 heteroatoms. The van der Waals surface area contributed by atoms with E-state index in [2.05, 4.69) is 27.6 Å². The molecule has 0 saturated carbocycles. The third-order valence-electron chi connectivity index (χ3n) is 3.92. The summed E-state index contributed by atoms with van der Waals surface area (Å²) in [5.41, 5.74) is 7.44. The van der Waals surface area contributed by atoms with Crippen molar-refractivity contribution in [1.29, 1.82) is 0 Å². The van der Waals surface area contributed by atoms with Crippen LogP contribution in [0.3, 0.4) is 0 Å². The number of hydrogen-bond donors (Lipinski definition) is 1. The molecule has 1 N–H and O–H groups in total. The molecule has 0 atom stereocenters. The van der Waals surface area contributed by atoms with Crippen LogP contribution in [0.5, 0.6) is 0 Å². The van der Waals surface area contributed by atoms with Crippen molar-refractivity contribution in [2.75, 3.05) is 0 Å². The molecular weight excluding hydrogens is 324 g/mol. The van der Waals surface area contributed by atoms with E-state index >= 15 is 0 Å². The molecule has 5 nitrogen and oxygen atoms in total. The maximum absolute atomic E-state index is 12.0. The van der Waals surface area contributed by atoms with Gasteiger partial charge in [-0.2, -0.15) is 5.10 Å². The Morgan fingerprint density at radius 3 is 2.23 bits per heavy atom. The van der Waals surface area contributed by atoms with E-state index in [4.69, 9.17) is 0 Å². The number of aryl methyl sites for hydroxylation is 1. The molecule has 1 aromatic heterocycles. The molecular formula is C21H22N4O. The van der Waals surface area contributed by atoms with Crippen LogP contribution in [-0.4, -0.2) is 21.2 Å². The van der Waals surface area contributed by atoms with Crippen LogP contribution in [0.15, 0.2) is 72.1 Å². The van der Waals surface area contributed by atoms with Crippen molar-refractivity contribution < 1.29 is 4.79 Å². The summed E-state index contributed by atoms with van der Waals surface area (Å²) in [7, 11) is 0. The van der Waals surface area contributed by atoms with Gasteiger partial charge in [-0.25, -0.2) is 10.4 Å². The van der Waals surface area contributed by atoms with Crippen molar-refractivity contribution in [3.8, 4) is 22.5 Å². The van der Waals surface area contributed by atoms with E-state index in [0.717, 1.165) is 28.2 Å². The number of aromatic nitrogens is 2. The number of nitrogens with zero attached hydrogens (tertiary/aromatic N) is 3. The summed E-state index contributed by atoms with van der Waals surface area (Å²) in [6.07, 6.45) is 2.13. The number of imidazole rings is 1. The highest BCUT2D eigenvalue weighted by atomic mass is 16.2. The van der Waals surface area contributed by atoms with Gasteiger partial charge in [-0.1, -0.05) is 60.7 Å². The van der Waals surface area contributed by atoms with Crippen molar-refractivity contribution in [3.05, 3.63) is 67.0 Å². The Morgan fingerprint density at radius 1 is 1.00 bits per heavy atom. The number of benzene rings is 2. The zero-order valence-corrected chi connectivity index (χ0v) is 15.0. The molecule has 0 spiro atoms. The van der Waals surface area contributed by atoms with E-state index in [1.54, 1.807) is 6.33 Å². The third kappa shape index (κ3) is 4.25. The van der Waals surface area contributed by atoms with Gasteiger partial charge < -0.3 is 4.57 Å². The molecule has 2 aromatic carbocycles. The summed E-state index contributed by atoms with van der Waals surface area (Å²) in [5.74, 6) is -0.111. The first kappa shape index (κ1) is 17.6. The highest BCUT2D eigenvalue weighted by molar-refractivity contribution is 5.82. The maximum Gasteiger partial charge on any atom is 0.241 e. The van der Waals surface area contributed by atoms with Gasteiger partial charge in [0.2, 0.25) is 5.91 Å². The number of nitrogens with one attached hydrogen (secondary N) is 1. The van der Waals surface area contributed by atoms with Gasteiger partial charge in [0, 0.05) is 29.8 Å². The molecule has 0 aliphatic heterocycles. The fraction of sp³-hybridized carbons (Fsp3) is 0.190. The zero-order valence-electron chi connectivity index (χ0n) is 15.0. The van der Waals surface area contributed by atoms with Gasteiger partial charge in [0.05, 0.1) is 17.7 Å². The molecule has 0 radical (unpaired) electrons. The smallest absolute Gasteiger partial charge is 0.241 e. The molecule has 1 heterocycles. The quantitative estimate of drug-likeness (QED) is 0.539. The molecule has 3 rings (SSSR count). The minimum atomic E-state index is -0.111. The van der Waals surface area contributed by atoms with E-state index in [1.807, 2.05) is 66.9 Å². The molecule has 0 aliphatic carbocycles. The second-order valence-corrected chi connectivity index (χ2v) is 6.21. The number of hydrogen-bond acceptors (Lipinski definition) is 3. The summed E-state index contributed by atoms with van der Waals surface area (Å²) in [6, 6.07) is 20.2. The van der Waals surface area contributed by atoms with E-state index in [1.165, 1.54) is 0 Å². The Labute approximate surface area is 153 Å². The predicted molar refractivity (Wildman–Crippen MR) is 105 cm³/mol. The SMILES string of the molecule is CC(C)=NNC(=O)CCn1cnc(-c2ccccc2)c1-c1ccccc1. The highest BCUT2D eigenvalue weighted by Crippen LogP contribution is 2.31. The lowest BCUT2D eigenvalue weighted by Gasteiger charge is -2.10. The lowest BCUT2D eigenvalue weighted by molar-refractivity contribution is -0.121. The second kappa shape index (κ2) is 8.25. The van der Waals surface area contributed by atoms with Crippen LogP contribution >= 0.6 is 0 Å². The largest absolute Gasteiger partial charge is 0.330 e. The van der Waals surface area contributed by atoms with Gasteiger partial charge in [-0.3, -0.25) is 4.79 Å². The highest BCUT2D eigenvalue weighted by Gasteiger charge is 2.15. The fourth-order valence-electron chi connectivity index (χ4n) is 2.71. The molecule has 0 aliphatic rings. The van der Waals surface area contributed by atoms with Gasteiger partial charge in [-0.15, -0.1) is 0 Å². The molecule has 3 aromatic rings. The lowest BCUT2D eigenvalue weighted by atomic mass is 10.0. The zero-order chi connectivity index (χ0) is 18.4. The van der Waals surface area contributed by atoms with Crippen LogP contribution in [0.25, 0.3) is 22.5 Å². The number of carbonyl (C=O) groups excluding carboxylic acids is 1. The van der Waals surface area contributed by atoms with Gasteiger partial charge in [0.1, 0.15) is 0 Å². The summed E-state index contributed by atoms with van der Waals surface area (Å²) >= 11 is 0. The van der Waals surface area contributed by atoms with Gasteiger partial charge >= 0.3 is 0 Å². The Hall–Kier alpha value is -3.21.